The Hall–Kier alpha value is -1.74. The Bertz CT molecular complexity index is 554. The second-order valence-corrected chi connectivity index (χ2v) is 4.45. The van der Waals surface area contributed by atoms with Crippen LogP contribution in [0.5, 0.6) is 0 Å². The molecule has 0 radical (unpaired) electrons. The van der Waals surface area contributed by atoms with Crippen molar-refractivity contribution in [3.8, 4) is 0 Å². The Morgan fingerprint density at radius 2 is 2.18 bits per heavy atom. The van der Waals surface area contributed by atoms with Gasteiger partial charge in [0.1, 0.15) is 11.6 Å². The molecular formula is C13H12ClN3. The molecule has 4 heteroatoms. The standard InChI is InChI=1S/C13H12ClN3/c14-10-2-1-3-11(8-10)16-12-5-4-9-6-7-15-13(9)17-12/h1-5,8H,6-7H2,(H2,15,16,17). The molecule has 86 valence electrons. The summed E-state index contributed by atoms with van der Waals surface area (Å²) >= 11 is 5.93. The zero-order chi connectivity index (χ0) is 11.7. The number of halogens is 1. The normalized spacial score (nSPS) is 13.0. The number of anilines is 3. The van der Waals surface area contributed by atoms with Crippen LogP contribution in [0.4, 0.5) is 17.3 Å². The third-order valence-electron chi connectivity index (χ3n) is 2.76. The van der Waals surface area contributed by atoms with Gasteiger partial charge in [-0.15, -0.1) is 0 Å². The van der Waals surface area contributed by atoms with Crippen LogP contribution in [0, 0.1) is 0 Å². The summed E-state index contributed by atoms with van der Waals surface area (Å²) in [5.41, 5.74) is 2.23. The van der Waals surface area contributed by atoms with Crippen molar-refractivity contribution in [3.05, 3.63) is 47.0 Å². The lowest BCUT2D eigenvalue weighted by molar-refractivity contribution is 1.11. The Labute approximate surface area is 105 Å². The lowest BCUT2D eigenvalue weighted by atomic mass is 10.2. The van der Waals surface area contributed by atoms with Crippen molar-refractivity contribution in [2.75, 3.05) is 17.2 Å². The minimum Gasteiger partial charge on any atom is -0.369 e. The van der Waals surface area contributed by atoms with E-state index in [0.29, 0.717) is 5.02 Å². The number of pyridine rings is 1. The van der Waals surface area contributed by atoms with Gasteiger partial charge in [-0.3, -0.25) is 0 Å². The number of rotatable bonds is 2. The summed E-state index contributed by atoms with van der Waals surface area (Å²) < 4.78 is 0. The van der Waals surface area contributed by atoms with Crippen molar-refractivity contribution in [1.82, 2.24) is 4.98 Å². The molecule has 1 aromatic carbocycles. The first-order valence-corrected chi connectivity index (χ1v) is 5.95. The smallest absolute Gasteiger partial charge is 0.132 e. The molecular weight excluding hydrogens is 234 g/mol. The second kappa shape index (κ2) is 4.26. The highest BCUT2D eigenvalue weighted by atomic mass is 35.5. The van der Waals surface area contributed by atoms with Crippen molar-refractivity contribution in [1.29, 1.82) is 0 Å². The Kier molecular flexibility index (Phi) is 2.61. The molecule has 0 saturated carbocycles. The van der Waals surface area contributed by atoms with Crippen molar-refractivity contribution >= 4 is 28.9 Å². The summed E-state index contributed by atoms with van der Waals surface area (Å²) in [6.07, 6.45) is 1.06. The SMILES string of the molecule is Clc1cccc(Nc2ccc3c(n2)NCC3)c1. The van der Waals surface area contributed by atoms with E-state index in [1.165, 1.54) is 5.56 Å². The van der Waals surface area contributed by atoms with Gasteiger partial charge < -0.3 is 10.6 Å². The van der Waals surface area contributed by atoms with E-state index in [9.17, 15) is 0 Å². The minimum atomic E-state index is 0.717. The number of benzene rings is 1. The second-order valence-electron chi connectivity index (χ2n) is 4.02. The van der Waals surface area contributed by atoms with Crippen LogP contribution >= 0.6 is 11.6 Å². The first-order valence-electron chi connectivity index (χ1n) is 5.58. The number of nitrogens with zero attached hydrogens (tertiary/aromatic N) is 1. The van der Waals surface area contributed by atoms with Gasteiger partial charge in [0.2, 0.25) is 0 Å². The maximum absolute atomic E-state index is 5.93. The Morgan fingerprint density at radius 3 is 3.06 bits per heavy atom. The highest BCUT2D eigenvalue weighted by molar-refractivity contribution is 6.30. The van der Waals surface area contributed by atoms with Crippen molar-refractivity contribution in [3.63, 3.8) is 0 Å². The summed E-state index contributed by atoms with van der Waals surface area (Å²) in [6, 6.07) is 11.7. The molecule has 0 fully saturated rings. The Morgan fingerprint density at radius 1 is 1.24 bits per heavy atom. The molecule has 0 unspecified atom stereocenters. The van der Waals surface area contributed by atoms with Gasteiger partial charge in [0.15, 0.2) is 0 Å². The van der Waals surface area contributed by atoms with E-state index in [4.69, 9.17) is 11.6 Å². The van der Waals surface area contributed by atoms with Gasteiger partial charge in [-0.05, 0) is 36.2 Å². The number of aromatic nitrogens is 1. The molecule has 0 atom stereocenters. The molecule has 3 rings (SSSR count). The van der Waals surface area contributed by atoms with Crippen LogP contribution in [-0.2, 0) is 6.42 Å². The highest BCUT2D eigenvalue weighted by Crippen LogP contribution is 2.24. The lowest BCUT2D eigenvalue weighted by Gasteiger charge is -2.07. The van der Waals surface area contributed by atoms with Crippen molar-refractivity contribution < 1.29 is 0 Å². The fourth-order valence-electron chi connectivity index (χ4n) is 1.94. The predicted molar refractivity (Wildman–Crippen MR) is 71.2 cm³/mol. The number of hydrogen-bond donors (Lipinski definition) is 2. The monoisotopic (exact) mass is 245 g/mol. The van der Waals surface area contributed by atoms with E-state index >= 15 is 0 Å². The molecule has 0 aliphatic carbocycles. The van der Waals surface area contributed by atoms with E-state index in [-0.39, 0.29) is 0 Å². The molecule has 2 heterocycles. The summed E-state index contributed by atoms with van der Waals surface area (Å²) in [5.74, 6) is 1.82. The molecule has 2 aromatic rings. The van der Waals surface area contributed by atoms with E-state index < -0.39 is 0 Å². The van der Waals surface area contributed by atoms with Crippen LogP contribution in [0.1, 0.15) is 5.56 Å². The van der Waals surface area contributed by atoms with Gasteiger partial charge in [0.25, 0.3) is 0 Å². The fourth-order valence-corrected chi connectivity index (χ4v) is 2.13. The maximum atomic E-state index is 5.93. The van der Waals surface area contributed by atoms with Crippen molar-refractivity contribution in [2.45, 2.75) is 6.42 Å². The van der Waals surface area contributed by atoms with Gasteiger partial charge in [0.05, 0.1) is 0 Å². The number of fused-ring (bicyclic) bond motifs is 1. The first kappa shape index (κ1) is 10.4. The topological polar surface area (TPSA) is 37.0 Å². The summed E-state index contributed by atoms with van der Waals surface area (Å²) in [6.45, 7) is 0.975. The largest absolute Gasteiger partial charge is 0.369 e. The average Bonchev–Trinajstić information content (AvgIpc) is 2.76. The Balaban J connectivity index is 1.86. The van der Waals surface area contributed by atoms with Crippen molar-refractivity contribution in [2.24, 2.45) is 0 Å². The van der Waals surface area contributed by atoms with Crippen LogP contribution in [0.25, 0.3) is 0 Å². The van der Waals surface area contributed by atoms with Gasteiger partial charge in [-0.2, -0.15) is 0 Å². The molecule has 2 N–H and O–H groups in total. The van der Waals surface area contributed by atoms with Crippen LogP contribution in [0.3, 0.4) is 0 Å². The molecule has 1 aromatic heterocycles. The molecule has 0 amide bonds. The molecule has 0 saturated heterocycles. The van der Waals surface area contributed by atoms with Crippen LogP contribution in [0.2, 0.25) is 5.02 Å². The molecule has 1 aliphatic heterocycles. The number of nitrogens with one attached hydrogen (secondary N) is 2. The van der Waals surface area contributed by atoms with Gasteiger partial charge in [-0.1, -0.05) is 23.7 Å². The van der Waals surface area contributed by atoms with E-state index in [0.717, 1.165) is 30.3 Å². The zero-order valence-corrected chi connectivity index (χ0v) is 9.96. The molecule has 1 aliphatic rings. The molecule has 3 nitrogen and oxygen atoms in total. The van der Waals surface area contributed by atoms with E-state index in [1.54, 1.807) is 0 Å². The minimum absolute atomic E-state index is 0.717. The lowest BCUT2D eigenvalue weighted by Crippen LogP contribution is -1.97. The van der Waals surface area contributed by atoms with Gasteiger partial charge in [0, 0.05) is 17.3 Å². The molecule has 17 heavy (non-hydrogen) atoms. The third-order valence-corrected chi connectivity index (χ3v) is 3.00. The maximum Gasteiger partial charge on any atom is 0.132 e. The highest BCUT2D eigenvalue weighted by Gasteiger charge is 2.11. The summed E-state index contributed by atoms with van der Waals surface area (Å²) in [4.78, 5) is 4.51. The number of hydrogen-bond acceptors (Lipinski definition) is 3. The molecule has 0 bridgehead atoms. The fraction of sp³-hybridized carbons (Fsp3) is 0.154. The average molecular weight is 246 g/mol. The van der Waals surface area contributed by atoms with Gasteiger partial charge >= 0.3 is 0 Å². The van der Waals surface area contributed by atoms with Gasteiger partial charge in [-0.25, -0.2) is 4.98 Å². The zero-order valence-electron chi connectivity index (χ0n) is 9.20. The predicted octanol–water partition coefficient (Wildman–Crippen LogP) is 3.45. The first-order chi connectivity index (χ1) is 8.31. The van der Waals surface area contributed by atoms with Crippen LogP contribution < -0.4 is 10.6 Å². The van der Waals surface area contributed by atoms with E-state index in [2.05, 4.69) is 21.7 Å². The summed E-state index contributed by atoms with van der Waals surface area (Å²) in [5, 5.41) is 7.22. The van der Waals surface area contributed by atoms with E-state index in [1.807, 2.05) is 30.3 Å². The van der Waals surface area contributed by atoms with Crippen LogP contribution in [-0.4, -0.2) is 11.5 Å². The third kappa shape index (κ3) is 2.19. The van der Waals surface area contributed by atoms with Crippen LogP contribution in [0.15, 0.2) is 36.4 Å². The molecule has 0 spiro atoms. The quantitative estimate of drug-likeness (QED) is 0.851. The summed E-state index contributed by atoms with van der Waals surface area (Å²) in [7, 11) is 0.